The molecular formula is C13H16N2O2. The average Bonchev–Trinajstić information content (AvgIpc) is 2.72. The van der Waals surface area contributed by atoms with Crippen molar-refractivity contribution in [3.8, 4) is 0 Å². The van der Waals surface area contributed by atoms with Crippen molar-refractivity contribution >= 4 is 11.6 Å². The lowest BCUT2D eigenvalue weighted by Gasteiger charge is -2.19. The van der Waals surface area contributed by atoms with Crippen molar-refractivity contribution in [2.24, 2.45) is 0 Å². The maximum atomic E-state index is 10.9. The zero-order valence-corrected chi connectivity index (χ0v) is 10.3. The highest BCUT2D eigenvalue weighted by Crippen LogP contribution is 2.26. The van der Waals surface area contributed by atoms with Gasteiger partial charge in [-0.3, -0.25) is 0 Å². The minimum Gasteiger partial charge on any atom is -0.478 e. The van der Waals surface area contributed by atoms with Gasteiger partial charge in [0.25, 0.3) is 0 Å². The number of pyridine rings is 1. The average molecular weight is 232 g/mol. The van der Waals surface area contributed by atoms with Gasteiger partial charge in [0.15, 0.2) is 0 Å². The summed E-state index contributed by atoms with van der Waals surface area (Å²) in [4.78, 5) is 15.4. The first-order valence-corrected chi connectivity index (χ1v) is 5.66. The molecule has 0 amide bonds. The van der Waals surface area contributed by atoms with E-state index >= 15 is 0 Å². The third kappa shape index (κ3) is 2.02. The number of rotatable bonds is 3. The summed E-state index contributed by atoms with van der Waals surface area (Å²) in [6, 6.07) is 3.31. The van der Waals surface area contributed by atoms with Crippen molar-refractivity contribution in [3.05, 3.63) is 35.8 Å². The number of carbonyl (C=O) groups is 1. The first-order valence-electron chi connectivity index (χ1n) is 5.66. The van der Waals surface area contributed by atoms with E-state index in [4.69, 9.17) is 5.11 Å². The van der Waals surface area contributed by atoms with Crippen LogP contribution < -0.4 is 0 Å². The van der Waals surface area contributed by atoms with Crippen LogP contribution in [0.15, 0.2) is 24.5 Å². The molecule has 90 valence electrons. The Hall–Kier alpha value is -1.84. The first-order chi connectivity index (χ1) is 7.94. The monoisotopic (exact) mass is 232 g/mol. The second kappa shape index (κ2) is 3.87. The predicted molar refractivity (Wildman–Crippen MR) is 65.5 cm³/mol. The van der Waals surface area contributed by atoms with Gasteiger partial charge in [-0.1, -0.05) is 20.8 Å². The predicted octanol–water partition coefficient (Wildman–Crippen LogP) is 2.72. The van der Waals surface area contributed by atoms with E-state index in [0.717, 1.165) is 17.8 Å². The highest BCUT2D eigenvalue weighted by Gasteiger charge is 2.21. The summed E-state index contributed by atoms with van der Waals surface area (Å²) in [5, 5.41) is 8.92. The lowest BCUT2D eigenvalue weighted by atomic mass is 9.87. The number of aromatic carboxylic acids is 1. The third-order valence-corrected chi connectivity index (χ3v) is 3.28. The molecule has 2 aromatic heterocycles. The molecule has 0 aromatic carbocycles. The van der Waals surface area contributed by atoms with Crippen LogP contribution >= 0.6 is 0 Å². The molecule has 2 heterocycles. The highest BCUT2D eigenvalue weighted by molar-refractivity contribution is 5.87. The van der Waals surface area contributed by atoms with Crippen LogP contribution in [0.2, 0.25) is 0 Å². The SMILES string of the molecule is CCC(C)(C)c1cn2cc(C(=O)O)ccc2n1. The minimum absolute atomic E-state index is 0.00933. The Labute approximate surface area is 99.9 Å². The van der Waals surface area contributed by atoms with Gasteiger partial charge in [0.1, 0.15) is 5.65 Å². The van der Waals surface area contributed by atoms with Gasteiger partial charge in [-0.25, -0.2) is 9.78 Å². The molecule has 2 rings (SSSR count). The van der Waals surface area contributed by atoms with E-state index in [1.807, 2.05) is 6.20 Å². The summed E-state index contributed by atoms with van der Waals surface area (Å²) in [6.45, 7) is 6.38. The summed E-state index contributed by atoms with van der Waals surface area (Å²) >= 11 is 0. The largest absolute Gasteiger partial charge is 0.478 e. The summed E-state index contributed by atoms with van der Waals surface area (Å²) < 4.78 is 1.77. The highest BCUT2D eigenvalue weighted by atomic mass is 16.4. The summed E-state index contributed by atoms with van der Waals surface area (Å²) in [6.07, 6.45) is 4.49. The maximum Gasteiger partial charge on any atom is 0.337 e. The van der Waals surface area contributed by atoms with E-state index in [1.165, 1.54) is 0 Å². The van der Waals surface area contributed by atoms with Crippen molar-refractivity contribution < 1.29 is 9.90 Å². The number of nitrogens with zero attached hydrogens (tertiary/aromatic N) is 2. The van der Waals surface area contributed by atoms with Crippen molar-refractivity contribution in [1.82, 2.24) is 9.38 Å². The van der Waals surface area contributed by atoms with Gasteiger partial charge in [-0.2, -0.15) is 0 Å². The number of carboxylic acids is 1. The molecule has 0 bridgehead atoms. The fourth-order valence-corrected chi connectivity index (χ4v) is 1.63. The molecular weight excluding hydrogens is 216 g/mol. The number of carboxylic acid groups (broad SMARTS) is 1. The molecule has 0 aliphatic carbocycles. The molecule has 0 saturated carbocycles. The van der Waals surface area contributed by atoms with Gasteiger partial charge in [-0.05, 0) is 18.6 Å². The van der Waals surface area contributed by atoms with Crippen molar-refractivity contribution in [1.29, 1.82) is 0 Å². The van der Waals surface area contributed by atoms with Gasteiger partial charge in [0.05, 0.1) is 11.3 Å². The Kier molecular flexibility index (Phi) is 2.65. The van der Waals surface area contributed by atoms with Gasteiger partial charge in [-0.15, -0.1) is 0 Å². The molecule has 0 radical (unpaired) electrons. The lowest BCUT2D eigenvalue weighted by Crippen LogP contribution is -2.15. The van der Waals surface area contributed by atoms with Gasteiger partial charge in [0, 0.05) is 17.8 Å². The molecule has 4 heteroatoms. The van der Waals surface area contributed by atoms with E-state index in [0.29, 0.717) is 0 Å². The number of hydrogen-bond donors (Lipinski definition) is 1. The molecule has 2 aromatic rings. The summed E-state index contributed by atoms with van der Waals surface area (Å²) in [5.41, 5.74) is 2.06. The molecule has 0 atom stereocenters. The van der Waals surface area contributed by atoms with Gasteiger partial charge in [0.2, 0.25) is 0 Å². The molecule has 4 nitrogen and oxygen atoms in total. The second-order valence-electron chi connectivity index (χ2n) is 4.85. The fraction of sp³-hybridized carbons (Fsp3) is 0.385. The van der Waals surface area contributed by atoms with E-state index in [-0.39, 0.29) is 11.0 Å². The molecule has 0 spiro atoms. The third-order valence-electron chi connectivity index (χ3n) is 3.28. The number of fused-ring (bicyclic) bond motifs is 1. The van der Waals surface area contributed by atoms with Crippen molar-refractivity contribution in [2.75, 3.05) is 0 Å². The molecule has 1 N–H and O–H groups in total. The van der Waals surface area contributed by atoms with Gasteiger partial charge < -0.3 is 9.51 Å². The van der Waals surface area contributed by atoms with E-state index in [9.17, 15) is 4.79 Å². The molecule has 0 saturated heterocycles. The zero-order chi connectivity index (χ0) is 12.6. The minimum atomic E-state index is -0.920. The van der Waals surface area contributed by atoms with Crippen LogP contribution in [0.25, 0.3) is 5.65 Å². The summed E-state index contributed by atoms with van der Waals surface area (Å²) in [7, 11) is 0. The van der Waals surface area contributed by atoms with Crippen molar-refractivity contribution in [2.45, 2.75) is 32.6 Å². The fourth-order valence-electron chi connectivity index (χ4n) is 1.63. The van der Waals surface area contributed by atoms with Crippen LogP contribution in [0.3, 0.4) is 0 Å². The number of aromatic nitrogens is 2. The van der Waals surface area contributed by atoms with Crippen LogP contribution in [-0.2, 0) is 5.41 Å². The topological polar surface area (TPSA) is 54.6 Å². The van der Waals surface area contributed by atoms with E-state index in [1.54, 1.807) is 22.7 Å². The zero-order valence-electron chi connectivity index (χ0n) is 10.3. The second-order valence-corrected chi connectivity index (χ2v) is 4.85. The molecule has 0 aliphatic rings. The van der Waals surface area contributed by atoms with Gasteiger partial charge >= 0.3 is 5.97 Å². The van der Waals surface area contributed by atoms with E-state index < -0.39 is 5.97 Å². The van der Waals surface area contributed by atoms with Crippen LogP contribution in [0.1, 0.15) is 43.2 Å². The molecule has 0 unspecified atom stereocenters. The molecule has 17 heavy (non-hydrogen) atoms. The number of imidazole rings is 1. The normalized spacial score (nSPS) is 11.9. The Morgan fingerprint density at radius 2 is 2.12 bits per heavy atom. The first kappa shape index (κ1) is 11.6. The summed E-state index contributed by atoms with van der Waals surface area (Å²) in [5.74, 6) is -0.920. The Morgan fingerprint density at radius 1 is 1.41 bits per heavy atom. The Morgan fingerprint density at radius 3 is 2.71 bits per heavy atom. The van der Waals surface area contributed by atoms with Crippen LogP contribution in [0, 0.1) is 0 Å². The van der Waals surface area contributed by atoms with Crippen LogP contribution in [0.5, 0.6) is 0 Å². The smallest absolute Gasteiger partial charge is 0.337 e. The molecule has 0 aliphatic heterocycles. The maximum absolute atomic E-state index is 10.9. The van der Waals surface area contributed by atoms with Crippen LogP contribution in [-0.4, -0.2) is 20.5 Å². The van der Waals surface area contributed by atoms with Crippen molar-refractivity contribution in [3.63, 3.8) is 0 Å². The Balaban J connectivity index is 2.54. The standard InChI is InChI=1S/C13H16N2O2/c1-4-13(2,3)10-8-15-7-9(12(16)17)5-6-11(15)14-10/h5-8H,4H2,1-3H3,(H,16,17). The lowest BCUT2D eigenvalue weighted by molar-refractivity contribution is 0.0696. The number of hydrogen-bond acceptors (Lipinski definition) is 2. The van der Waals surface area contributed by atoms with Crippen LogP contribution in [0.4, 0.5) is 0 Å². The molecule has 0 fully saturated rings. The quantitative estimate of drug-likeness (QED) is 0.885. The Bertz CT molecular complexity index is 570. The van der Waals surface area contributed by atoms with E-state index in [2.05, 4.69) is 25.8 Å².